The molecule has 0 amide bonds. The molecule has 4 rings (SSSR count). The zero-order chi connectivity index (χ0) is 14.6. The van der Waals surface area contributed by atoms with Crippen LogP contribution in [0.15, 0.2) is 12.1 Å². The van der Waals surface area contributed by atoms with Crippen molar-refractivity contribution in [2.75, 3.05) is 14.2 Å². The topological polar surface area (TPSA) is 35.5 Å². The van der Waals surface area contributed by atoms with Gasteiger partial charge in [0.25, 0.3) is 0 Å². The number of benzene rings is 2. The highest BCUT2D eigenvalue weighted by Crippen LogP contribution is 2.44. The van der Waals surface area contributed by atoms with E-state index in [0.29, 0.717) is 12.2 Å². The van der Waals surface area contributed by atoms with Gasteiger partial charge in [0.05, 0.1) is 14.2 Å². The van der Waals surface area contributed by atoms with Crippen LogP contribution in [0.25, 0.3) is 10.8 Å². The van der Waals surface area contributed by atoms with Crippen molar-refractivity contribution in [3.63, 3.8) is 0 Å². The van der Waals surface area contributed by atoms with Crippen LogP contribution < -0.4 is 9.47 Å². The quantitative estimate of drug-likeness (QED) is 0.846. The van der Waals surface area contributed by atoms with E-state index in [9.17, 15) is 4.79 Å². The van der Waals surface area contributed by atoms with Crippen LogP contribution in [0.2, 0.25) is 0 Å². The molecular formula is C18H18O3. The maximum atomic E-state index is 12.1. The van der Waals surface area contributed by atoms with Gasteiger partial charge in [-0.1, -0.05) is 0 Å². The van der Waals surface area contributed by atoms with Crippen molar-refractivity contribution in [3.05, 3.63) is 34.4 Å². The van der Waals surface area contributed by atoms with Crippen molar-refractivity contribution in [1.29, 1.82) is 0 Å². The molecule has 2 aromatic rings. The van der Waals surface area contributed by atoms with E-state index < -0.39 is 0 Å². The summed E-state index contributed by atoms with van der Waals surface area (Å²) in [5, 5.41) is 2.22. The summed E-state index contributed by atoms with van der Waals surface area (Å²) in [5.41, 5.74) is 5.06. The number of ketones is 1. The lowest BCUT2D eigenvalue weighted by Gasteiger charge is -2.30. The number of fused-ring (bicyclic) bond motifs is 6. The molecule has 0 heterocycles. The smallest absolute Gasteiger partial charge is 0.168 e. The molecular weight excluding hydrogens is 264 g/mol. The molecule has 0 aromatic heterocycles. The molecule has 2 aromatic carbocycles. The predicted molar refractivity (Wildman–Crippen MR) is 81.7 cm³/mol. The van der Waals surface area contributed by atoms with E-state index in [1.807, 2.05) is 12.1 Å². The summed E-state index contributed by atoms with van der Waals surface area (Å²) in [6.45, 7) is 0. The Hall–Kier alpha value is -2.03. The second kappa shape index (κ2) is 4.48. The highest BCUT2D eigenvalue weighted by atomic mass is 16.5. The van der Waals surface area contributed by atoms with E-state index in [1.54, 1.807) is 14.2 Å². The van der Waals surface area contributed by atoms with E-state index in [4.69, 9.17) is 9.47 Å². The van der Waals surface area contributed by atoms with Gasteiger partial charge in [-0.2, -0.15) is 0 Å². The first-order valence-electron chi connectivity index (χ1n) is 7.50. The van der Waals surface area contributed by atoms with Crippen LogP contribution in [0, 0.1) is 0 Å². The molecule has 0 saturated carbocycles. The van der Waals surface area contributed by atoms with Gasteiger partial charge in [0.1, 0.15) is 0 Å². The van der Waals surface area contributed by atoms with Gasteiger partial charge in [-0.25, -0.2) is 0 Å². The lowest BCUT2D eigenvalue weighted by atomic mass is 9.73. The van der Waals surface area contributed by atoms with Crippen LogP contribution in [0.5, 0.6) is 11.5 Å². The maximum absolute atomic E-state index is 12.1. The first kappa shape index (κ1) is 12.7. The summed E-state index contributed by atoms with van der Waals surface area (Å²) in [6, 6.07) is 4.02. The molecule has 21 heavy (non-hydrogen) atoms. The fourth-order valence-corrected chi connectivity index (χ4v) is 3.84. The van der Waals surface area contributed by atoms with Crippen LogP contribution in [0.1, 0.15) is 39.9 Å². The molecule has 0 radical (unpaired) electrons. The second-order valence-electron chi connectivity index (χ2n) is 5.87. The van der Waals surface area contributed by atoms with Crippen LogP contribution >= 0.6 is 0 Å². The van der Waals surface area contributed by atoms with Crippen molar-refractivity contribution in [3.8, 4) is 11.5 Å². The number of rotatable bonds is 2. The average Bonchev–Trinajstić information content (AvgIpc) is 2.52. The van der Waals surface area contributed by atoms with Crippen LogP contribution in [-0.4, -0.2) is 20.0 Å². The molecule has 108 valence electrons. The van der Waals surface area contributed by atoms with E-state index in [0.717, 1.165) is 29.5 Å². The molecule has 0 spiro atoms. The van der Waals surface area contributed by atoms with Gasteiger partial charge in [-0.15, -0.1) is 0 Å². The van der Waals surface area contributed by atoms with Gasteiger partial charge in [0.15, 0.2) is 17.3 Å². The SMILES string of the molecule is COc1cc2c3c(c4c(c2cc1OC)C(=O)C4)CCCC3. The Morgan fingerprint density at radius 3 is 2.10 bits per heavy atom. The third-order valence-electron chi connectivity index (χ3n) is 4.87. The number of ether oxygens (including phenoxy) is 2. The molecule has 2 aliphatic carbocycles. The van der Waals surface area contributed by atoms with E-state index in [1.165, 1.54) is 34.9 Å². The third kappa shape index (κ3) is 1.63. The Morgan fingerprint density at radius 1 is 0.857 bits per heavy atom. The zero-order valence-electron chi connectivity index (χ0n) is 12.4. The van der Waals surface area contributed by atoms with Crippen LogP contribution in [0.4, 0.5) is 0 Å². The normalized spacial score (nSPS) is 16.2. The van der Waals surface area contributed by atoms with Gasteiger partial charge in [-0.05, 0) is 65.3 Å². The van der Waals surface area contributed by atoms with Gasteiger partial charge in [0.2, 0.25) is 0 Å². The van der Waals surface area contributed by atoms with Crippen LogP contribution in [0.3, 0.4) is 0 Å². The Bertz CT molecular complexity index is 774. The molecule has 3 nitrogen and oxygen atoms in total. The summed E-state index contributed by atoms with van der Waals surface area (Å²) >= 11 is 0. The van der Waals surface area contributed by atoms with Crippen molar-refractivity contribution in [2.45, 2.75) is 32.1 Å². The van der Waals surface area contributed by atoms with Crippen molar-refractivity contribution >= 4 is 16.6 Å². The molecule has 0 N–H and O–H groups in total. The van der Waals surface area contributed by atoms with Crippen molar-refractivity contribution in [2.24, 2.45) is 0 Å². The molecule has 0 bridgehead atoms. The first-order valence-corrected chi connectivity index (χ1v) is 7.50. The largest absolute Gasteiger partial charge is 0.493 e. The Balaban J connectivity index is 2.12. The molecule has 0 fully saturated rings. The number of methoxy groups -OCH3 is 2. The summed E-state index contributed by atoms with van der Waals surface area (Å²) in [7, 11) is 3.29. The predicted octanol–water partition coefficient (Wildman–Crippen LogP) is 3.47. The Labute approximate surface area is 123 Å². The minimum Gasteiger partial charge on any atom is -0.493 e. The minimum atomic E-state index is 0.260. The lowest BCUT2D eigenvalue weighted by molar-refractivity contribution is 0.0969. The van der Waals surface area contributed by atoms with E-state index >= 15 is 0 Å². The van der Waals surface area contributed by atoms with Gasteiger partial charge in [-0.3, -0.25) is 4.79 Å². The summed E-state index contributed by atoms with van der Waals surface area (Å²) < 4.78 is 10.8. The average molecular weight is 282 g/mol. The minimum absolute atomic E-state index is 0.260. The molecule has 0 unspecified atom stereocenters. The highest BCUT2D eigenvalue weighted by molar-refractivity contribution is 6.18. The Kier molecular flexibility index (Phi) is 2.71. The fraction of sp³-hybridized carbons (Fsp3) is 0.389. The number of carbonyl (C=O) groups excluding carboxylic acids is 1. The van der Waals surface area contributed by atoms with Crippen molar-refractivity contribution < 1.29 is 14.3 Å². The lowest BCUT2D eigenvalue weighted by Crippen LogP contribution is -2.24. The number of aryl methyl sites for hydroxylation is 1. The summed E-state index contributed by atoms with van der Waals surface area (Å²) in [5.74, 6) is 1.70. The molecule has 3 heteroatoms. The fourth-order valence-electron chi connectivity index (χ4n) is 3.84. The Morgan fingerprint density at radius 2 is 1.48 bits per heavy atom. The van der Waals surface area contributed by atoms with Crippen molar-refractivity contribution in [1.82, 2.24) is 0 Å². The standard InChI is InChI=1S/C18H18O3/c1-20-16-8-12-10-5-3-4-6-11(10)13-7-15(19)18(13)14(12)9-17(16)21-2/h8-9H,3-7H2,1-2H3. The number of hydrogen-bond acceptors (Lipinski definition) is 3. The van der Waals surface area contributed by atoms with Gasteiger partial charge < -0.3 is 9.47 Å². The van der Waals surface area contributed by atoms with Gasteiger partial charge in [0, 0.05) is 12.0 Å². The van der Waals surface area contributed by atoms with E-state index in [-0.39, 0.29) is 5.78 Å². The number of carbonyl (C=O) groups is 1. The molecule has 0 aliphatic heterocycles. The third-order valence-corrected chi connectivity index (χ3v) is 4.87. The van der Waals surface area contributed by atoms with Gasteiger partial charge >= 0.3 is 0 Å². The van der Waals surface area contributed by atoms with Crippen LogP contribution in [-0.2, 0) is 19.3 Å². The zero-order valence-corrected chi connectivity index (χ0v) is 12.4. The van der Waals surface area contributed by atoms with E-state index in [2.05, 4.69) is 0 Å². The maximum Gasteiger partial charge on any atom is 0.168 e. The number of Topliss-reactive ketones (excluding diaryl/α,β-unsaturated/α-hetero) is 1. The molecule has 0 saturated heterocycles. The summed E-state index contributed by atoms with van der Waals surface area (Å²) in [6.07, 6.45) is 5.27. The summed E-state index contributed by atoms with van der Waals surface area (Å²) in [4.78, 5) is 12.1. The first-order chi connectivity index (χ1) is 10.2. The molecule has 2 aliphatic rings. The molecule has 0 atom stereocenters. The second-order valence-corrected chi connectivity index (χ2v) is 5.87. The monoisotopic (exact) mass is 282 g/mol. The number of hydrogen-bond donors (Lipinski definition) is 0. The highest BCUT2D eigenvalue weighted by Gasteiger charge is 2.32.